The van der Waals surface area contributed by atoms with Crippen LogP contribution < -0.4 is 4.74 Å². The molecular weight excluding hydrogens is 388 g/mol. The van der Waals surface area contributed by atoms with Crippen molar-refractivity contribution in [3.63, 3.8) is 0 Å². The van der Waals surface area contributed by atoms with E-state index in [0.717, 1.165) is 5.56 Å². The van der Waals surface area contributed by atoms with Crippen molar-refractivity contribution in [2.75, 3.05) is 47.0 Å². The van der Waals surface area contributed by atoms with Gasteiger partial charge in [-0.05, 0) is 36.3 Å². The van der Waals surface area contributed by atoms with Crippen LogP contribution in [0.25, 0.3) is 0 Å². The van der Waals surface area contributed by atoms with E-state index in [9.17, 15) is 19.8 Å². The van der Waals surface area contributed by atoms with E-state index in [4.69, 9.17) is 9.47 Å². The first kappa shape index (κ1) is 22.5. The van der Waals surface area contributed by atoms with Gasteiger partial charge in [0, 0.05) is 40.2 Å². The molecule has 1 fully saturated rings. The van der Waals surface area contributed by atoms with Crippen LogP contribution in [0.2, 0.25) is 0 Å². The molecule has 30 heavy (non-hydrogen) atoms. The Morgan fingerprint density at radius 1 is 1.23 bits per heavy atom. The predicted molar refractivity (Wildman–Crippen MR) is 110 cm³/mol. The average Bonchev–Trinajstić information content (AvgIpc) is 2.72. The molecule has 1 aromatic carbocycles. The Labute approximate surface area is 177 Å². The van der Waals surface area contributed by atoms with Crippen LogP contribution in [0.3, 0.4) is 0 Å². The summed E-state index contributed by atoms with van der Waals surface area (Å²) < 4.78 is 10.7. The van der Waals surface area contributed by atoms with Crippen LogP contribution >= 0.6 is 0 Å². The molecule has 0 bridgehead atoms. The maximum Gasteiger partial charge on any atom is 0.260 e. The van der Waals surface area contributed by atoms with E-state index in [1.54, 1.807) is 22.9 Å². The molecule has 0 aromatic heterocycles. The van der Waals surface area contributed by atoms with Crippen molar-refractivity contribution >= 4 is 11.8 Å². The van der Waals surface area contributed by atoms with Gasteiger partial charge in [0.15, 0.2) is 6.61 Å². The van der Waals surface area contributed by atoms with Gasteiger partial charge in [-0.15, -0.1) is 0 Å². The molecule has 3 rings (SSSR count). The fourth-order valence-corrected chi connectivity index (χ4v) is 4.47. The molecule has 166 valence electrons. The van der Waals surface area contributed by atoms with Crippen molar-refractivity contribution in [2.45, 2.75) is 37.9 Å². The van der Waals surface area contributed by atoms with E-state index in [2.05, 4.69) is 0 Å². The first-order valence-corrected chi connectivity index (χ1v) is 10.4. The summed E-state index contributed by atoms with van der Waals surface area (Å²) >= 11 is 0. The number of hydrogen-bond acceptors (Lipinski definition) is 6. The van der Waals surface area contributed by atoms with E-state index in [1.807, 2.05) is 18.2 Å². The molecule has 2 atom stereocenters. The van der Waals surface area contributed by atoms with Crippen LogP contribution in [0, 0.1) is 5.41 Å². The van der Waals surface area contributed by atoms with Crippen LogP contribution in [-0.4, -0.2) is 91.0 Å². The second-order valence-corrected chi connectivity index (χ2v) is 8.50. The quantitative estimate of drug-likeness (QED) is 0.721. The molecule has 2 aliphatic rings. The van der Waals surface area contributed by atoms with E-state index in [1.165, 1.54) is 7.11 Å². The molecule has 2 amide bonds. The Bertz CT molecular complexity index is 747. The number of carbonyl (C=O) groups is 2. The molecule has 2 N–H and O–H groups in total. The molecule has 2 aliphatic heterocycles. The van der Waals surface area contributed by atoms with Crippen LogP contribution in [0.5, 0.6) is 5.75 Å². The Hall–Kier alpha value is -2.16. The van der Waals surface area contributed by atoms with Crippen LogP contribution in [0.4, 0.5) is 0 Å². The lowest BCUT2D eigenvalue weighted by atomic mass is 9.72. The minimum absolute atomic E-state index is 0.0451. The van der Waals surface area contributed by atoms with Gasteiger partial charge in [-0.3, -0.25) is 9.59 Å². The normalized spacial score (nSPS) is 25.1. The molecule has 0 unspecified atom stereocenters. The van der Waals surface area contributed by atoms with E-state index in [0.29, 0.717) is 44.6 Å². The van der Waals surface area contributed by atoms with E-state index >= 15 is 0 Å². The zero-order valence-electron chi connectivity index (χ0n) is 17.7. The number of piperidine rings is 1. The summed E-state index contributed by atoms with van der Waals surface area (Å²) in [7, 11) is 3.23. The van der Waals surface area contributed by atoms with Crippen LogP contribution in [0.1, 0.15) is 24.8 Å². The molecule has 2 heterocycles. The third kappa shape index (κ3) is 5.30. The molecular formula is C22H32N2O6. The summed E-state index contributed by atoms with van der Waals surface area (Å²) in [6.07, 6.45) is 0.00186. The van der Waals surface area contributed by atoms with Gasteiger partial charge in [0.2, 0.25) is 5.91 Å². The number of benzene rings is 1. The zero-order chi connectivity index (χ0) is 21.7. The molecule has 8 nitrogen and oxygen atoms in total. The highest BCUT2D eigenvalue weighted by Gasteiger charge is 2.40. The van der Waals surface area contributed by atoms with Crippen molar-refractivity contribution in [1.82, 2.24) is 9.80 Å². The van der Waals surface area contributed by atoms with E-state index < -0.39 is 12.2 Å². The highest BCUT2D eigenvalue weighted by molar-refractivity contribution is 5.78. The van der Waals surface area contributed by atoms with Gasteiger partial charge in [0.1, 0.15) is 12.4 Å². The number of ether oxygens (including phenoxy) is 2. The number of fused-ring (bicyclic) bond motifs is 1. The first-order chi connectivity index (χ1) is 14.3. The van der Waals surface area contributed by atoms with Gasteiger partial charge >= 0.3 is 0 Å². The largest absolute Gasteiger partial charge is 0.483 e. The predicted octanol–water partition coefficient (Wildman–Crippen LogP) is 0.447. The second kappa shape index (κ2) is 9.76. The number of aliphatic hydroxyl groups excluding tert-OH is 2. The maximum absolute atomic E-state index is 12.7. The number of likely N-dealkylation sites (N-methyl/N-ethyl adjacent to an activating group) is 1. The molecule has 1 spiro atoms. The number of nitrogens with zero attached hydrogens (tertiary/aromatic N) is 2. The molecule has 8 heteroatoms. The minimum atomic E-state index is -0.944. The summed E-state index contributed by atoms with van der Waals surface area (Å²) in [5.74, 6) is 0.346. The maximum atomic E-state index is 12.7. The van der Waals surface area contributed by atoms with Gasteiger partial charge in [-0.1, -0.05) is 18.2 Å². The lowest BCUT2D eigenvalue weighted by molar-refractivity contribution is -0.141. The summed E-state index contributed by atoms with van der Waals surface area (Å²) in [6.45, 7) is 1.47. The standard InChI is InChI=1S/C22H32N2O6/c1-23-15-22(7-9-24(10-8-22)21(28)13-29-2)12-18(26)17(25)11-16-5-3-4-6-19(16)30-14-20(23)27/h3-6,17-18,25-26H,7-15H2,1-2H3/t17-,18+/m0/s1. The third-order valence-corrected chi connectivity index (χ3v) is 6.28. The SMILES string of the molecule is COCC(=O)N1CCC2(CC1)C[C@@H](O)[C@@H](O)Cc1ccccc1OCC(=O)N(C)C2. The molecule has 1 aromatic rings. The Kier molecular flexibility index (Phi) is 7.33. The molecule has 1 saturated heterocycles. The summed E-state index contributed by atoms with van der Waals surface area (Å²) in [5.41, 5.74) is 0.377. The number of likely N-dealkylation sites (tertiary alicyclic amines) is 1. The van der Waals surface area contributed by atoms with Crippen LogP contribution in [0.15, 0.2) is 24.3 Å². The van der Waals surface area contributed by atoms with Crippen molar-refractivity contribution in [2.24, 2.45) is 5.41 Å². The van der Waals surface area contributed by atoms with Gasteiger partial charge in [-0.25, -0.2) is 0 Å². The van der Waals surface area contributed by atoms with Crippen molar-refractivity contribution in [3.05, 3.63) is 29.8 Å². The van der Waals surface area contributed by atoms with Crippen molar-refractivity contribution < 1.29 is 29.3 Å². The van der Waals surface area contributed by atoms with Gasteiger partial charge in [0.05, 0.1) is 12.2 Å². The third-order valence-electron chi connectivity index (χ3n) is 6.28. The number of aliphatic hydroxyl groups is 2. The molecule has 0 aliphatic carbocycles. The smallest absolute Gasteiger partial charge is 0.260 e. The van der Waals surface area contributed by atoms with Crippen molar-refractivity contribution in [1.29, 1.82) is 0 Å². The Morgan fingerprint density at radius 3 is 2.63 bits per heavy atom. The highest BCUT2D eigenvalue weighted by atomic mass is 16.5. The average molecular weight is 421 g/mol. The monoisotopic (exact) mass is 420 g/mol. The summed E-state index contributed by atoms with van der Waals surface area (Å²) in [5, 5.41) is 21.5. The Balaban J connectivity index is 1.80. The van der Waals surface area contributed by atoms with Crippen LogP contribution in [-0.2, 0) is 20.7 Å². The number of carbonyl (C=O) groups excluding carboxylic acids is 2. The topological polar surface area (TPSA) is 99.5 Å². The fraction of sp³-hybridized carbons (Fsp3) is 0.636. The molecule has 0 saturated carbocycles. The van der Waals surface area contributed by atoms with Gasteiger partial charge in [0.25, 0.3) is 5.91 Å². The Morgan fingerprint density at radius 2 is 1.93 bits per heavy atom. The zero-order valence-corrected chi connectivity index (χ0v) is 17.7. The number of rotatable bonds is 2. The lowest BCUT2D eigenvalue weighted by Gasteiger charge is -2.45. The second-order valence-electron chi connectivity index (χ2n) is 8.50. The number of methoxy groups -OCH3 is 1. The van der Waals surface area contributed by atoms with Crippen molar-refractivity contribution in [3.8, 4) is 5.75 Å². The number of para-hydroxylation sites is 1. The highest BCUT2D eigenvalue weighted by Crippen LogP contribution is 2.38. The summed E-state index contributed by atoms with van der Waals surface area (Å²) in [6, 6.07) is 7.26. The minimum Gasteiger partial charge on any atom is -0.483 e. The summed E-state index contributed by atoms with van der Waals surface area (Å²) in [4.78, 5) is 28.2. The number of amides is 2. The lowest BCUT2D eigenvalue weighted by Crippen LogP contribution is -2.51. The van der Waals surface area contributed by atoms with Gasteiger partial charge < -0.3 is 29.5 Å². The fourth-order valence-electron chi connectivity index (χ4n) is 4.47. The van der Waals surface area contributed by atoms with E-state index in [-0.39, 0.29) is 36.9 Å². The van der Waals surface area contributed by atoms with Gasteiger partial charge in [-0.2, -0.15) is 0 Å². The number of hydrogen-bond donors (Lipinski definition) is 2. The first-order valence-electron chi connectivity index (χ1n) is 10.4. The molecule has 0 radical (unpaired) electrons.